The van der Waals surface area contributed by atoms with Crippen molar-refractivity contribution in [3.8, 4) is 5.75 Å². The SMILES string of the molecule is CCOc1ccccc1CCC(=O)OCc1nc2ccsc2c(=O)[nH]1. The Bertz CT molecular complexity index is 932. The second-order valence-corrected chi connectivity index (χ2v) is 6.27. The van der Waals surface area contributed by atoms with Gasteiger partial charge in [0.05, 0.1) is 12.1 Å². The maximum absolute atomic E-state index is 12.0. The fourth-order valence-electron chi connectivity index (χ4n) is 2.45. The van der Waals surface area contributed by atoms with Crippen molar-refractivity contribution >= 4 is 27.5 Å². The van der Waals surface area contributed by atoms with E-state index in [1.54, 1.807) is 11.4 Å². The fraction of sp³-hybridized carbons (Fsp3) is 0.278. The number of nitrogens with zero attached hydrogens (tertiary/aromatic N) is 1. The summed E-state index contributed by atoms with van der Waals surface area (Å²) in [5.41, 5.74) is 1.37. The van der Waals surface area contributed by atoms with E-state index in [0.717, 1.165) is 11.3 Å². The Morgan fingerprint density at radius 3 is 2.96 bits per heavy atom. The van der Waals surface area contributed by atoms with E-state index < -0.39 is 0 Å². The Labute approximate surface area is 148 Å². The molecule has 3 rings (SSSR count). The topological polar surface area (TPSA) is 81.3 Å². The number of aromatic nitrogens is 2. The molecule has 0 fully saturated rings. The first-order valence-corrected chi connectivity index (χ1v) is 8.88. The van der Waals surface area contributed by atoms with Crippen LogP contribution in [-0.2, 0) is 22.6 Å². The summed E-state index contributed by atoms with van der Waals surface area (Å²) in [5, 5.41) is 1.80. The summed E-state index contributed by atoms with van der Waals surface area (Å²) in [5.74, 6) is 0.782. The molecule has 1 aromatic carbocycles. The zero-order chi connectivity index (χ0) is 17.6. The van der Waals surface area contributed by atoms with Gasteiger partial charge in [-0.2, -0.15) is 0 Å². The number of aryl methyl sites for hydroxylation is 1. The first kappa shape index (κ1) is 17.2. The van der Waals surface area contributed by atoms with Crippen molar-refractivity contribution in [2.75, 3.05) is 6.61 Å². The Morgan fingerprint density at radius 2 is 2.12 bits per heavy atom. The van der Waals surface area contributed by atoms with Crippen molar-refractivity contribution in [2.45, 2.75) is 26.4 Å². The molecule has 25 heavy (non-hydrogen) atoms. The van der Waals surface area contributed by atoms with Crippen LogP contribution in [-0.4, -0.2) is 22.5 Å². The highest BCUT2D eigenvalue weighted by atomic mass is 32.1. The van der Waals surface area contributed by atoms with E-state index in [-0.39, 0.29) is 24.6 Å². The molecule has 0 aliphatic rings. The van der Waals surface area contributed by atoms with Crippen LogP contribution in [0.4, 0.5) is 0 Å². The summed E-state index contributed by atoms with van der Waals surface area (Å²) in [7, 11) is 0. The number of carbonyl (C=O) groups excluding carboxylic acids is 1. The van der Waals surface area contributed by atoms with Crippen molar-refractivity contribution in [3.63, 3.8) is 0 Å². The Morgan fingerprint density at radius 1 is 1.28 bits per heavy atom. The van der Waals surface area contributed by atoms with Crippen molar-refractivity contribution < 1.29 is 14.3 Å². The van der Waals surface area contributed by atoms with E-state index in [9.17, 15) is 9.59 Å². The molecule has 0 saturated carbocycles. The van der Waals surface area contributed by atoms with Gasteiger partial charge < -0.3 is 14.5 Å². The number of thiophene rings is 1. The minimum Gasteiger partial charge on any atom is -0.494 e. The molecule has 0 unspecified atom stereocenters. The Kier molecular flexibility index (Phi) is 5.45. The van der Waals surface area contributed by atoms with E-state index in [2.05, 4.69) is 9.97 Å². The van der Waals surface area contributed by atoms with Gasteiger partial charge in [-0.15, -0.1) is 11.3 Å². The van der Waals surface area contributed by atoms with Gasteiger partial charge in [-0.25, -0.2) is 4.98 Å². The lowest BCUT2D eigenvalue weighted by molar-refractivity contribution is -0.145. The summed E-state index contributed by atoms with van der Waals surface area (Å²) in [4.78, 5) is 30.8. The third kappa shape index (κ3) is 4.24. The number of benzene rings is 1. The predicted octanol–water partition coefficient (Wildman–Crippen LogP) is 3.06. The second-order valence-electron chi connectivity index (χ2n) is 5.35. The number of aromatic amines is 1. The highest BCUT2D eigenvalue weighted by Gasteiger charge is 2.10. The first-order valence-electron chi connectivity index (χ1n) is 8.00. The number of esters is 1. The first-order chi connectivity index (χ1) is 12.2. The van der Waals surface area contributed by atoms with Gasteiger partial charge in [0.2, 0.25) is 0 Å². The maximum Gasteiger partial charge on any atom is 0.306 e. The number of nitrogens with one attached hydrogen (secondary N) is 1. The number of para-hydroxylation sites is 1. The molecule has 1 N–H and O–H groups in total. The highest BCUT2D eigenvalue weighted by molar-refractivity contribution is 7.17. The maximum atomic E-state index is 12.0. The highest BCUT2D eigenvalue weighted by Crippen LogP contribution is 2.20. The van der Waals surface area contributed by atoms with Gasteiger partial charge in [0.15, 0.2) is 0 Å². The minimum absolute atomic E-state index is 0.0486. The summed E-state index contributed by atoms with van der Waals surface area (Å²) in [6, 6.07) is 9.39. The summed E-state index contributed by atoms with van der Waals surface area (Å²) in [6.07, 6.45) is 0.761. The molecular weight excluding hydrogens is 340 g/mol. The Hall–Kier alpha value is -2.67. The number of ether oxygens (including phenoxy) is 2. The number of hydrogen-bond acceptors (Lipinski definition) is 6. The lowest BCUT2D eigenvalue weighted by Crippen LogP contribution is -2.13. The van der Waals surface area contributed by atoms with Gasteiger partial charge in [-0.3, -0.25) is 9.59 Å². The number of rotatable bonds is 7. The molecule has 0 aliphatic carbocycles. The number of carbonyl (C=O) groups is 1. The van der Waals surface area contributed by atoms with Crippen LogP contribution < -0.4 is 10.3 Å². The van der Waals surface area contributed by atoms with Crippen molar-refractivity contribution in [3.05, 3.63) is 57.5 Å². The van der Waals surface area contributed by atoms with E-state index >= 15 is 0 Å². The van der Waals surface area contributed by atoms with Crippen molar-refractivity contribution in [1.82, 2.24) is 9.97 Å². The number of hydrogen-bond donors (Lipinski definition) is 1. The van der Waals surface area contributed by atoms with Gasteiger partial charge in [0.25, 0.3) is 5.56 Å². The molecule has 7 heteroatoms. The summed E-state index contributed by atoms with van der Waals surface area (Å²) < 4.78 is 11.3. The van der Waals surface area contributed by atoms with Crippen LogP contribution in [0.1, 0.15) is 24.7 Å². The van der Waals surface area contributed by atoms with Gasteiger partial charge in [0.1, 0.15) is 22.9 Å². The van der Waals surface area contributed by atoms with Crippen molar-refractivity contribution in [1.29, 1.82) is 0 Å². The van der Waals surface area contributed by atoms with Gasteiger partial charge >= 0.3 is 5.97 Å². The zero-order valence-electron chi connectivity index (χ0n) is 13.8. The molecule has 2 aromatic heterocycles. The molecule has 2 heterocycles. The quantitative estimate of drug-likeness (QED) is 0.657. The van der Waals surface area contributed by atoms with Crippen LogP contribution in [0.2, 0.25) is 0 Å². The van der Waals surface area contributed by atoms with Gasteiger partial charge in [-0.1, -0.05) is 18.2 Å². The third-order valence-corrected chi connectivity index (χ3v) is 4.51. The third-order valence-electron chi connectivity index (χ3n) is 3.60. The molecule has 0 atom stereocenters. The normalized spacial score (nSPS) is 10.8. The van der Waals surface area contributed by atoms with E-state index in [1.165, 1.54) is 11.3 Å². The zero-order valence-corrected chi connectivity index (χ0v) is 14.6. The van der Waals surface area contributed by atoms with E-state index in [0.29, 0.717) is 29.1 Å². The molecule has 0 radical (unpaired) electrons. The predicted molar refractivity (Wildman–Crippen MR) is 96.0 cm³/mol. The molecule has 0 amide bonds. The molecule has 6 nitrogen and oxygen atoms in total. The largest absolute Gasteiger partial charge is 0.494 e. The lowest BCUT2D eigenvalue weighted by Gasteiger charge is -2.09. The smallest absolute Gasteiger partial charge is 0.306 e. The average Bonchev–Trinajstić information content (AvgIpc) is 3.09. The molecule has 130 valence electrons. The second kappa shape index (κ2) is 7.94. The molecular formula is C18H18N2O4S. The monoisotopic (exact) mass is 358 g/mol. The van der Waals surface area contributed by atoms with Crippen LogP contribution in [0.3, 0.4) is 0 Å². The fourth-order valence-corrected chi connectivity index (χ4v) is 3.18. The molecule has 0 bridgehead atoms. The molecule has 0 aliphatic heterocycles. The van der Waals surface area contributed by atoms with Gasteiger partial charge in [0, 0.05) is 6.42 Å². The lowest BCUT2D eigenvalue weighted by atomic mass is 10.1. The summed E-state index contributed by atoms with van der Waals surface area (Å²) in [6.45, 7) is 2.45. The average molecular weight is 358 g/mol. The van der Waals surface area contributed by atoms with Crippen LogP contribution in [0.25, 0.3) is 10.2 Å². The van der Waals surface area contributed by atoms with Crippen LogP contribution in [0.15, 0.2) is 40.5 Å². The van der Waals surface area contributed by atoms with Crippen LogP contribution in [0.5, 0.6) is 5.75 Å². The van der Waals surface area contributed by atoms with Gasteiger partial charge in [-0.05, 0) is 36.4 Å². The molecule has 0 spiro atoms. The molecule has 3 aromatic rings. The van der Waals surface area contributed by atoms with Crippen LogP contribution >= 0.6 is 11.3 Å². The summed E-state index contributed by atoms with van der Waals surface area (Å²) >= 11 is 1.33. The van der Waals surface area contributed by atoms with Crippen LogP contribution in [0, 0.1) is 0 Å². The Balaban J connectivity index is 1.57. The molecule has 0 saturated heterocycles. The number of fused-ring (bicyclic) bond motifs is 1. The van der Waals surface area contributed by atoms with E-state index in [4.69, 9.17) is 9.47 Å². The minimum atomic E-state index is -0.348. The number of H-pyrrole nitrogens is 1. The van der Waals surface area contributed by atoms with Crippen molar-refractivity contribution in [2.24, 2.45) is 0 Å². The standard InChI is InChI=1S/C18H18N2O4S/c1-2-23-14-6-4-3-5-12(14)7-8-16(21)24-11-15-19-13-9-10-25-17(13)18(22)20-15/h3-6,9-10H,2,7-8,11H2,1H3,(H,19,20,22). The van der Waals surface area contributed by atoms with E-state index in [1.807, 2.05) is 31.2 Å².